The number of nitrogens with one attached hydrogen (secondary N) is 2. The fourth-order valence-electron chi connectivity index (χ4n) is 2.26. The number of aromatic nitrogens is 1. The van der Waals surface area contributed by atoms with Gasteiger partial charge in [0, 0.05) is 30.8 Å². The van der Waals surface area contributed by atoms with Gasteiger partial charge in [0.05, 0.1) is 5.56 Å². The summed E-state index contributed by atoms with van der Waals surface area (Å²) in [6.07, 6.45) is 3.65. The maximum Gasteiger partial charge on any atom is 0.271 e. The standard InChI is InChI=1S/C19H17N3O3/c23-18(21-22-19(24)15-7-4-12-20-13-15)11-9-16-8-10-17(25-16)14-5-2-1-3-6-14/h1-8,10,12-13H,9,11H2,(H,21,23)(H,22,24). The first-order chi connectivity index (χ1) is 12.2. The van der Waals surface area contributed by atoms with E-state index in [-0.39, 0.29) is 12.3 Å². The van der Waals surface area contributed by atoms with Gasteiger partial charge in [-0.2, -0.15) is 0 Å². The molecular weight excluding hydrogens is 318 g/mol. The molecular formula is C19H17N3O3. The summed E-state index contributed by atoms with van der Waals surface area (Å²) >= 11 is 0. The van der Waals surface area contributed by atoms with Gasteiger partial charge in [-0.3, -0.25) is 25.4 Å². The van der Waals surface area contributed by atoms with Gasteiger partial charge in [0.1, 0.15) is 11.5 Å². The molecule has 0 spiro atoms. The third kappa shape index (κ3) is 4.54. The Hall–Kier alpha value is -3.41. The smallest absolute Gasteiger partial charge is 0.271 e. The number of carbonyl (C=O) groups is 2. The molecule has 0 aliphatic heterocycles. The molecule has 0 radical (unpaired) electrons. The van der Waals surface area contributed by atoms with Crippen molar-refractivity contribution < 1.29 is 14.0 Å². The van der Waals surface area contributed by atoms with Crippen molar-refractivity contribution in [3.05, 3.63) is 78.3 Å². The van der Waals surface area contributed by atoms with Gasteiger partial charge in [-0.15, -0.1) is 0 Å². The van der Waals surface area contributed by atoms with Gasteiger partial charge < -0.3 is 4.42 Å². The van der Waals surface area contributed by atoms with E-state index in [1.54, 1.807) is 18.3 Å². The number of furan rings is 1. The van der Waals surface area contributed by atoms with E-state index in [1.165, 1.54) is 6.20 Å². The predicted molar refractivity (Wildman–Crippen MR) is 92.3 cm³/mol. The molecule has 2 N–H and O–H groups in total. The Labute approximate surface area is 144 Å². The largest absolute Gasteiger partial charge is 0.461 e. The van der Waals surface area contributed by atoms with Crippen LogP contribution in [0.1, 0.15) is 22.5 Å². The van der Waals surface area contributed by atoms with Crippen LogP contribution >= 0.6 is 0 Å². The van der Waals surface area contributed by atoms with Crippen molar-refractivity contribution in [1.82, 2.24) is 15.8 Å². The molecule has 2 aromatic heterocycles. The quantitative estimate of drug-likeness (QED) is 0.702. The Morgan fingerprint density at radius 3 is 2.56 bits per heavy atom. The molecule has 6 heteroatoms. The SMILES string of the molecule is O=C(CCc1ccc(-c2ccccc2)o1)NNC(=O)c1cccnc1. The van der Waals surface area contributed by atoms with Gasteiger partial charge in [0.15, 0.2) is 0 Å². The van der Waals surface area contributed by atoms with Crippen LogP contribution in [0.2, 0.25) is 0 Å². The highest BCUT2D eigenvalue weighted by molar-refractivity contribution is 5.95. The summed E-state index contributed by atoms with van der Waals surface area (Å²) in [6, 6.07) is 16.7. The number of pyridine rings is 1. The summed E-state index contributed by atoms with van der Waals surface area (Å²) in [5.74, 6) is 0.772. The van der Waals surface area contributed by atoms with E-state index >= 15 is 0 Å². The number of benzene rings is 1. The van der Waals surface area contributed by atoms with Gasteiger partial charge >= 0.3 is 0 Å². The molecule has 6 nitrogen and oxygen atoms in total. The first-order valence-corrected chi connectivity index (χ1v) is 7.86. The third-order valence-corrected chi connectivity index (χ3v) is 3.56. The maximum absolute atomic E-state index is 11.8. The molecule has 3 rings (SSSR count). The van der Waals surface area contributed by atoms with Crippen molar-refractivity contribution in [3.8, 4) is 11.3 Å². The number of rotatable bonds is 5. The molecule has 0 aliphatic carbocycles. The Kier molecular flexibility index (Phi) is 5.21. The van der Waals surface area contributed by atoms with Gasteiger partial charge in [-0.05, 0) is 24.3 Å². The lowest BCUT2D eigenvalue weighted by Gasteiger charge is -2.06. The van der Waals surface area contributed by atoms with Crippen LogP contribution < -0.4 is 10.9 Å². The summed E-state index contributed by atoms with van der Waals surface area (Å²) in [6.45, 7) is 0. The van der Waals surface area contributed by atoms with E-state index in [9.17, 15) is 9.59 Å². The molecule has 126 valence electrons. The summed E-state index contributed by atoms with van der Waals surface area (Å²) in [7, 11) is 0. The fourth-order valence-corrected chi connectivity index (χ4v) is 2.26. The minimum Gasteiger partial charge on any atom is -0.461 e. The van der Waals surface area contributed by atoms with Crippen molar-refractivity contribution >= 4 is 11.8 Å². The highest BCUT2D eigenvalue weighted by Gasteiger charge is 2.09. The number of nitrogens with zero attached hydrogens (tertiary/aromatic N) is 1. The van der Waals surface area contributed by atoms with Crippen LogP contribution in [0.15, 0.2) is 71.4 Å². The molecule has 0 aliphatic rings. The average Bonchev–Trinajstić information content (AvgIpc) is 3.15. The van der Waals surface area contributed by atoms with Crippen molar-refractivity contribution in [2.75, 3.05) is 0 Å². The number of amides is 2. The minimum atomic E-state index is -0.411. The van der Waals surface area contributed by atoms with Crippen LogP contribution in [0.4, 0.5) is 0 Å². The highest BCUT2D eigenvalue weighted by atomic mass is 16.3. The summed E-state index contributed by atoms with van der Waals surface area (Å²) in [4.78, 5) is 27.5. The topological polar surface area (TPSA) is 84.2 Å². The number of hydrazine groups is 1. The van der Waals surface area contributed by atoms with E-state index in [1.807, 2.05) is 42.5 Å². The molecule has 0 fully saturated rings. The molecule has 0 unspecified atom stereocenters. The molecule has 3 aromatic rings. The zero-order valence-electron chi connectivity index (χ0n) is 13.4. The van der Waals surface area contributed by atoms with Gasteiger partial charge in [-0.1, -0.05) is 30.3 Å². The molecule has 0 atom stereocenters. The zero-order valence-corrected chi connectivity index (χ0v) is 13.4. The lowest BCUT2D eigenvalue weighted by atomic mass is 10.2. The van der Waals surface area contributed by atoms with Crippen LogP contribution in [-0.2, 0) is 11.2 Å². The molecule has 1 aromatic carbocycles. The predicted octanol–water partition coefficient (Wildman–Crippen LogP) is 2.74. The first kappa shape index (κ1) is 16.4. The third-order valence-electron chi connectivity index (χ3n) is 3.56. The second-order valence-electron chi connectivity index (χ2n) is 5.38. The van der Waals surface area contributed by atoms with E-state index in [0.717, 1.165) is 11.3 Å². The summed E-state index contributed by atoms with van der Waals surface area (Å²) in [5.41, 5.74) is 6.10. The van der Waals surface area contributed by atoms with Crippen LogP contribution in [0.3, 0.4) is 0 Å². The lowest BCUT2D eigenvalue weighted by Crippen LogP contribution is -2.41. The summed E-state index contributed by atoms with van der Waals surface area (Å²) in [5, 5.41) is 0. The van der Waals surface area contributed by atoms with E-state index < -0.39 is 5.91 Å². The van der Waals surface area contributed by atoms with Crippen LogP contribution in [0.5, 0.6) is 0 Å². The number of hydrogen-bond acceptors (Lipinski definition) is 4. The Balaban J connectivity index is 1.47. The lowest BCUT2D eigenvalue weighted by molar-refractivity contribution is -0.121. The molecule has 2 heterocycles. The van der Waals surface area contributed by atoms with Crippen molar-refractivity contribution in [1.29, 1.82) is 0 Å². The summed E-state index contributed by atoms with van der Waals surface area (Å²) < 4.78 is 5.74. The Morgan fingerprint density at radius 2 is 1.80 bits per heavy atom. The van der Waals surface area contributed by atoms with Crippen molar-refractivity contribution in [2.24, 2.45) is 0 Å². The minimum absolute atomic E-state index is 0.203. The second-order valence-corrected chi connectivity index (χ2v) is 5.38. The monoisotopic (exact) mass is 335 g/mol. The van der Waals surface area contributed by atoms with E-state index in [0.29, 0.717) is 17.7 Å². The normalized spacial score (nSPS) is 10.2. The molecule has 0 saturated heterocycles. The Bertz CT molecular complexity index is 845. The van der Waals surface area contributed by atoms with E-state index in [2.05, 4.69) is 15.8 Å². The first-order valence-electron chi connectivity index (χ1n) is 7.86. The van der Waals surface area contributed by atoms with E-state index in [4.69, 9.17) is 4.42 Å². The average molecular weight is 335 g/mol. The fraction of sp³-hybridized carbons (Fsp3) is 0.105. The second kappa shape index (κ2) is 7.92. The molecule has 2 amide bonds. The zero-order chi connectivity index (χ0) is 17.5. The molecule has 25 heavy (non-hydrogen) atoms. The molecule has 0 saturated carbocycles. The van der Waals surface area contributed by atoms with Gasteiger partial charge in [0.25, 0.3) is 5.91 Å². The van der Waals surface area contributed by atoms with Gasteiger partial charge in [0.2, 0.25) is 5.91 Å². The number of aryl methyl sites for hydroxylation is 1. The van der Waals surface area contributed by atoms with Crippen molar-refractivity contribution in [3.63, 3.8) is 0 Å². The molecule has 0 bridgehead atoms. The maximum atomic E-state index is 11.8. The van der Waals surface area contributed by atoms with Crippen LogP contribution in [0, 0.1) is 0 Å². The highest BCUT2D eigenvalue weighted by Crippen LogP contribution is 2.22. The van der Waals surface area contributed by atoms with Crippen LogP contribution in [0.25, 0.3) is 11.3 Å². The Morgan fingerprint density at radius 1 is 0.960 bits per heavy atom. The van der Waals surface area contributed by atoms with Crippen LogP contribution in [-0.4, -0.2) is 16.8 Å². The van der Waals surface area contributed by atoms with Gasteiger partial charge in [-0.25, -0.2) is 0 Å². The number of carbonyl (C=O) groups excluding carboxylic acids is 2. The van der Waals surface area contributed by atoms with Crippen molar-refractivity contribution in [2.45, 2.75) is 12.8 Å². The number of hydrogen-bond donors (Lipinski definition) is 2.